The predicted octanol–water partition coefficient (Wildman–Crippen LogP) is 5.70. The number of hydrogen-bond acceptors (Lipinski definition) is 6. The lowest BCUT2D eigenvalue weighted by atomic mass is 9.76. The van der Waals surface area contributed by atoms with Crippen LogP contribution in [-0.2, 0) is 0 Å². The van der Waals surface area contributed by atoms with Gasteiger partial charge in [-0.3, -0.25) is 24.0 Å². The van der Waals surface area contributed by atoms with E-state index in [1.807, 2.05) is 24.3 Å². The van der Waals surface area contributed by atoms with Crippen LogP contribution in [0.15, 0.2) is 77.6 Å². The number of nitrogens with zero attached hydrogens (tertiary/aromatic N) is 2. The quantitative estimate of drug-likeness (QED) is 0.226. The summed E-state index contributed by atoms with van der Waals surface area (Å²) in [7, 11) is 0. The van der Waals surface area contributed by atoms with Crippen molar-refractivity contribution in [2.24, 2.45) is 0 Å². The molecule has 0 unspecified atom stereocenters. The maximum absolute atomic E-state index is 13.8. The lowest BCUT2D eigenvalue weighted by Crippen LogP contribution is -2.41. The standard InChI is InChI=1S/C34H23N3O5/c38-29-21-13-15-23-27-24(34(42)37(33(23)41)19-11-9-18(10-12-19)17-5-1-2-6-17)16-14-22(26(21)27)30(39)28(29)31-35-25-8-4-3-7-20(25)32(40)36-31/h3-4,7-17,28H,1-2,5-6H2,(H,35,36,40). The maximum atomic E-state index is 13.8. The van der Waals surface area contributed by atoms with Crippen molar-refractivity contribution < 1.29 is 19.2 Å². The Hall–Kier alpha value is -5.24. The Balaban J connectivity index is 1.23. The second-order valence-corrected chi connectivity index (χ2v) is 11.2. The Morgan fingerprint density at radius 2 is 1.24 bits per heavy atom. The Morgan fingerprint density at radius 3 is 1.88 bits per heavy atom. The summed E-state index contributed by atoms with van der Waals surface area (Å²) in [6.45, 7) is 0. The van der Waals surface area contributed by atoms with Crippen LogP contribution < -0.4 is 10.5 Å². The predicted molar refractivity (Wildman–Crippen MR) is 157 cm³/mol. The number of amides is 2. The van der Waals surface area contributed by atoms with E-state index in [4.69, 9.17) is 0 Å². The number of imide groups is 1. The van der Waals surface area contributed by atoms with E-state index < -0.39 is 34.9 Å². The first-order chi connectivity index (χ1) is 20.4. The highest BCUT2D eigenvalue weighted by atomic mass is 16.2. The molecule has 2 amide bonds. The van der Waals surface area contributed by atoms with Gasteiger partial charge >= 0.3 is 0 Å². The Morgan fingerprint density at radius 1 is 0.667 bits per heavy atom. The number of hydrogen-bond donors (Lipinski definition) is 1. The number of fused-ring (bicyclic) bond motifs is 1. The Kier molecular flexibility index (Phi) is 5.19. The minimum absolute atomic E-state index is 0.0351. The van der Waals surface area contributed by atoms with Gasteiger partial charge in [-0.2, -0.15) is 0 Å². The van der Waals surface area contributed by atoms with Crippen molar-refractivity contribution in [3.8, 4) is 0 Å². The van der Waals surface area contributed by atoms with Crippen molar-refractivity contribution in [1.29, 1.82) is 0 Å². The molecule has 8 rings (SSSR count). The number of carbonyl (C=O) groups excluding carboxylic acids is 4. The summed E-state index contributed by atoms with van der Waals surface area (Å²) in [4.78, 5) is 76.2. The minimum Gasteiger partial charge on any atom is -0.309 e. The van der Waals surface area contributed by atoms with E-state index in [2.05, 4.69) is 9.97 Å². The van der Waals surface area contributed by atoms with E-state index in [0.717, 1.165) is 17.7 Å². The highest BCUT2D eigenvalue weighted by Crippen LogP contribution is 2.42. The van der Waals surface area contributed by atoms with Crippen molar-refractivity contribution in [3.63, 3.8) is 0 Å². The third kappa shape index (κ3) is 3.35. The number of ketones is 2. The molecule has 2 heterocycles. The highest BCUT2D eigenvalue weighted by molar-refractivity contribution is 6.40. The largest absolute Gasteiger partial charge is 0.309 e. The molecule has 3 aliphatic rings. The molecule has 204 valence electrons. The van der Waals surface area contributed by atoms with E-state index in [1.54, 1.807) is 36.4 Å². The van der Waals surface area contributed by atoms with E-state index in [9.17, 15) is 24.0 Å². The van der Waals surface area contributed by atoms with Gasteiger partial charge in [-0.25, -0.2) is 9.88 Å². The summed E-state index contributed by atoms with van der Waals surface area (Å²) in [5, 5.41) is 0.946. The third-order valence-electron chi connectivity index (χ3n) is 8.97. The molecule has 4 aromatic carbocycles. The zero-order valence-corrected chi connectivity index (χ0v) is 22.3. The Labute approximate surface area is 239 Å². The van der Waals surface area contributed by atoms with Gasteiger partial charge in [0.2, 0.25) is 0 Å². The number of benzene rings is 4. The fourth-order valence-electron chi connectivity index (χ4n) is 6.90. The first-order valence-electron chi connectivity index (χ1n) is 14.1. The number of nitrogens with one attached hydrogen (secondary N) is 1. The van der Waals surface area contributed by atoms with Gasteiger partial charge < -0.3 is 4.98 Å². The molecule has 1 aromatic heterocycles. The number of aromatic amines is 1. The van der Waals surface area contributed by atoms with Gasteiger partial charge in [0.25, 0.3) is 17.4 Å². The maximum Gasteiger partial charge on any atom is 0.265 e. The summed E-state index contributed by atoms with van der Waals surface area (Å²) in [6, 6.07) is 20.4. The van der Waals surface area contributed by atoms with Crippen molar-refractivity contribution in [2.75, 3.05) is 4.90 Å². The molecule has 8 heteroatoms. The number of para-hydroxylation sites is 1. The summed E-state index contributed by atoms with van der Waals surface area (Å²) in [5.74, 6) is -2.98. The van der Waals surface area contributed by atoms with Gasteiger partial charge in [-0.15, -0.1) is 0 Å². The minimum atomic E-state index is -1.35. The molecule has 1 fully saturated rings. The van der Waals surface area contributed by atoms with Crippen molar-refractivity contribution in [3.05, 3.63) is 117 Å². The molecule has 1 saturated carbocycles. The van der Waals surface area contributed by atoms with Gasteiger partial charge in [-0.05, 0) is 72.9 Å². The fraction of sp³-hybridized carbons (Fsp3) is 0.176. The lowest BCUT2D eigenvalue weighted by Gasteiger charge is -2.30. The molecule has 1 aliphatic heterocycles. The molecule has 0 spiro atoms. The van der Waals surface area contributed by atoms with Gasteiger partial charge in [0, 0.05) is 33.0 Å². The molecular formula is C34H23N3O5. The number of carbonyl (C=O) groups is 4. The monoisotopic (exact) mass is 553 g/mol. The van der Waals surface area contributed by atoms with Crippen LogP contribution in [0.25, 0.3) is 21.7 Å². The number of anilines is 1. The first-order valence-corrected chi connectivity index (χ1v) is 14.1. The highest BCUT2D eigenvalue weighted by Gasteiger charge is 2.43. The Bertz CT molecular complexity index is 2030. The SMILES string of the molecule is O=C1c2ccc3c4c(ccc(c24)C(=O)C1c1nc2ccccc2c(=O)[nH]1)C(=O)N(c1ccc(C2CCCC2)cc1)C3=O. The van der Waals surface area contributed by atoms with Crippen LogP contribution in [-0.4, -0.2) is 33.3 Å². The van der Waals surface area contributed by atoms with Crippen LogP contribution in [0.5, 0.6) is 0 Å². The van der Waals surface area contributed by atoms with E-state index in [1.165, 1.54) is 30.5 Å². The van der Waals surface area contributed by atoms with Crippen molar-refractivity contribution >= 4 is 50.7 Å². The summed E-state index contributed by atoms with van der Waals surface area (Å²) >= 11 is 0. The molecule has 42 heavy (non-hydrogen) atoms. The van der Waals surface area contributed by atoms with Crippen LogP contribution in [0.4, 0.5) is 5.69 Å². The summed E-state index contributed by atoms with van der Waals surface area (Å²) in [5.41, 5.74) is 2.54. The van der Waals surface area contributed by atoms with Crippen LogP contribution in [0.3, 0.4) is 0 Å². The lowest BCUT2D eigenvalue weighted by molar-refractivity contribution is 0.0843. The zero-order chi connectivity index (χ0) is 28.7. The van der Waals surface area contributed by atoms with E-state index in [-0.39, 0.29) is 33.5 Å². The molecule has 1 N–H and O–H groups in total. The van der Waals surface area contributed by atoms with Gasteiger partial charge in [0.15, 0.2) is 11.6 Å². The fourth-order valence-corrected chi connectivity index (χ4v) is 6.90. The number of Topliss-reactive ketones (excluding diaryl/α,β-unsaturated/α-hetero) is 2. The van der Waals surface area contributed by atoms with Gasteiger partial charge in [0.05, 0.1) is 16.6 Å². The average Bonchev–Trinajstić information content (AvgIpc) is 3.55. The first kappa shape index (κ1) is 24.5. The topological polar surface area (TPSA) is 117 Å². The van der Waals surface area contributed by atoms with Crippen LogP contribution in [0, 0.1) is 0 Å². The van der Waals surface area contributed by atoms with Gasteiger partial charge in [-0.1, -0.05) is 37.1 Å². The van der Waals surface area contributed by atoms with Crippen LogP contribution >= 0.6 is 0 Å². The second-order valence-electron chi connectivity index (χ2n) is 11.2. The van der Waals surface area contributed by atoms with Crippen LogP contribution in [0.1, 0.15) is 90.3 Å². The number of H-pyrrole nitrogens is 1. The van der Waals surface area contributed by atoms with Crippen molar-refractivity contribution in [1.82, 2.24) is 9.97 Å². The average molecular weight is 554 g/mol. The molecule has 5 aromatic rings. The van der Waals surface area contributed by atoms with Gasteiger partial charge in [0.1, 0.15) is 11.7 Å². The molecule has 8 nitrogen and oxygen atoms in total. The molecule has 0 bridgehead atoms. The van der Waals surface area contributed by atoms with Crippen molar-refractivity contribution in [2.45, 2.75) is 37.5 Å². The molecule has 2 aliphatic carbocycles. The smallest absolute Gasteiger partial charge is 0.265 e. The normalized spacial score (nSPS) is 17.2. The number of aromatic nitrogens is 2. The van der Waals surface area contributed by atoms with E-state index in [0.29, 0.717) is 27.9 Å². The number of rotatable bonds is 3. The summed E-state index contributed by atoms with van der Waals surface area (Å²) < 4.78 is 0. The van der Waals surface area contributed by atoms with Crippen LogP contribution in [0.2, 0.25) is 0 Å². The zero-order valence-electron chi connectivity index (χ0n) is 22.3. The molecule has 0 atom stereocenters. The second kappa shape index (κ2) is 8.88. The molecule has 0 saturated heterocycles. The third-order valence-corrected chi connectivity index (χ3v) is 8.97. The van der Waals surface area contributed by atoms with E-state index >= 15 is 0 Å². The molecule has 0 radical (unpaired) electrons. The molecular weight excluding hydrogens is 530 g/mol. The summed E-state index contributed by atoms with van der Waals surface area (Å²) in [6.07, 6.45) is 4.71.